The van der Waals surface area contributed by atoms with Gasteiger partial charge in [0.25, 0.3) is 0 Å². The molecule has 0 fully saturated rings. The van der Waals surface area contributed by atoms with Crippen LogP contribution in [0.25, 0.3) is 66.1 Å². The van der Waals surface area contributed by atoms with Crippen LogP contribution in [0.2, 0.25) is 0 Å². The molecule has 0 spiro atoms. The maximum absolute atomic E-state index is 10.4. The minimum absolute atomic E-state index is 0.151. The second-order valence-corrected chi connectivity index (χ2v) is 12.3. The number of nitriles is 1. The van der Waals surface area contributed by atoms with Crippen molar-refractivity contribution in [2.24, 2.45) is 0 Å². The zero-order valence-electron chi connectivity index (χ0n) is 24.1. The Hall–Kier alpha value is -5.33. The zero-order valence-corrected chi connectivity index (χ0v) is 24.1. The number of fused-ring (bicyclic) bond motifs is 10. The normalized spacial score (nSPS) is 15.7. The quantitative estimate of drug-likeness (QED) is 0.214. The molecule has 2 heterocycles. The molecule has 0 N–H and O–H groups in total. The van der Waals surface area contributed by atoms with Gasteiger partial charge >= 0.3 is 0 Å². The van der Waals surface area contributed by atoms with Gasteiger partial charge in [-0.05, 0) is 65.4 Å². The summed E-state index contributed by atoms with van der Waals surface area (Å²) in [7, 11) is 0. The van der Waals surface area contributed by atoms with Gasteiger partial charge < -0.3 is 8.98 Å². The SMILES string of the molecule is CC1(C)c2ccccc2-c2ccc3c(oc4ccc(C5=CCCC(C#N)=C5n5c6ccccc6c6ccccc65)cc43)c21. The minimum Gasteiger partial charge on any atom is -0.456 e. The molecule has 5 aromatic carbocycles. The molecular weight excluding hydrogens is 524 g/mol. The first-order chi connectivity index (χ1) is 21.1. The lowest BCUT2D eigenvalue weighted by atomic mass is 9.82. The maximum Gasteiger partial charge on any atom is 0.140 e. The Morgan fingerprint density at radius 3 is 2.23 bits per heavy atom. The fourth-order valence-corrected chi connectivity index (χ4v) is 7.77. The summed E-state index contributed by atoms with van der Waals surface area (Å²) in [6.45, 7) is 4.60. The van der Waals surface area contributed by atoms with Crippen LogP contribution in [0, 0.1) is 11.3 Å². The first-order valence-electron chi connectivity index (χ1n) is 15.0. The van der Waals surface area contributed by atoms with Gasteiger partial charge in [0.05, 0.1) is 28.4 Å². The molecule has 9 rings (SSSR count). The third kappa shape index (κ3) is 3.18. The van der Waals surface area contributed by atoms with Gasteiger partial charge in [-0.3, -0.25) is 0 Å². The number of furan rings is 1. The summed E-state index contributed by atoms with van der Waals surface area (Å²) in [5.74, 6) is 0. The van der Waals surface area contributed by atoms with E-state index in [1.807, 2.05) is 0 Å². The van der Waals surface area contributed by atoms with Gasteiger partial charge in [0.2, 0.25) is 0 Å². The van der Waals surface area contributed by atoms with Crippen LogP contribution < -0.4 is 0 Å². The second kappa shape index (κ2) is 8.60. The van der Waals surface area contributed by atoms with Crippen molar-refractivity contribution in [1.82, 2.24) is 4.57 Å². The van der Waals surface area contributed by atoms with Crippen molar-refractivity contribution in [3.05, 3.63) is 131 Å². The van der Waals surface area contributed by atoms with Gasteiger partial charge in [-0.1, -0.05) is 92.7 Å². The maximum atomic E-state index is 10.4. The molecule has 204 valence electrons. The van der Waals surface area contributed by atoms with Crippen LogP contribution in [0.15, 0.2) is 119 Å². The molecule has 0 saturated carbocycles. The monoisotopic (exact) mass is 552 g/mol. The van der Waals surface area contributed by atoms with Crippen molar-refractivity contribution in [1.29, 1.82) is 5.26 Å². The first kappa shape index (κ1) is 24.3. The van der Waals surface area contributed by atoms with Gasteiger partial charge in [-0.15, -0.1) is 0 Å². The molecule has 2 aliphatic carbocycles. The molecule has 43 heavy (non-hydrogen) atoms. The molecule has 3 nitrogen and oxygen atoms in total. The topological polar surface area (TPSA) is 41.9 Å². The highest BCUT2D eigenvalue weighted by atomic mass is 16.3. The number of hydrogen-bond donors (Lipinski definition) is 0. The average Bonchev–Trinajstić information content (AvgIpc) is 3.66. The fraction of sp³-hybridized carbons (Fsp3) is 0.125. The second-order valence-electron chi connectivity index (χ2n) is 12.3. The van der Waals surface area contributed by atoms with E-state index < -0.39 is 0 Å². The van der Waals surface area contributed by atoms with Crippen LogP contribution in [-0.4, -0.2) is 4.57 Å². The number of hydrogen-bond acceptors (Lipinski definition) is 2. The van der Waals surface area contributed by atoms with Gasteiger partial charge in [-0.2, -0.15) is 5.26 Å². The predicted octanol–water partition coefficient (Wildman–Crippen LogP) is 10.6. The van der Waals surface area contributed by atoms with Crippen molar-refractivity contribution >= 4 is 55.0 Å². The molecule has 0 radical (unpaired) electrons. The fourth-order valence-electron chi connectivity index (χ4n) is 7.77. The third-order valence-electron chi connectivity index (χ3n) is 9.69. The van der Waals surface area contributed by atoms with Gasteiger partial charge in [-0.25, -0.2) is 0 Å². The van der Waals surface area contributed by atoms with E-state index in [9.17, 15) is 5.26 Å². The predicted molar refractivity (Wildman–Crippen MR) is 177 cm³/mol. The van der Waals surface area contributed by atoms with Gasteiger partial charge in [0, 0.05) is 38.1 Å². The van der Waals surface area contributed by atoms with Crippen molar-refractivity contribution in [2.45, 2.75) is 32.1 Å². The van der Waals surface area contributed by atoms with Crippen molar-refractivity contribution < 1.29 is 4.42 Å². The number of nitrogens with zero attached hydrogens (tertiary/aromatic N) is 2. The smallest absolute Gasteiger partial charge is 0.140 e. The summed E-state index contributed by atoms with van der Waals surface area (Å²) in [6, 6.07) is 39.3. The van der Waals surface area contributed by atoms with Crippen molar-refractivity contribution in [3.8, 4) is 17.2 Å². The molecule has 0 unspecified atom stereocenters. The lowest BCUT2D eigenvalue weighted by Gasteiger charge is -2.22. The number of para-hydroxylation sites is 2. The molecule has 0 bridgehead atoms. The van der Waals surface area contributed by atoms with Crippen LogP contribution in [0.4, 0.5) is 0 Å². The van der Waals surface area contributed by atoms with Crippen LogP contribution >= 0.6 is 0 Å². The van der Waals surface area contributed by atoms with Crippen molar-refractivity contribution in [2.75, 3.05) is 0 Å². The molecule has 2 aliphatic rings. The van der Waals surface area contributed by atoms with E-state index in [-0.39, 0.29) is 5.41 Å². The lowest BCUT2D eigenvalue weighted by Crippen LogP contribution is -2.15. The lowest BCUT2D eigenvalue weighted by molar-refractivity contribution is 0.620. The third-order valence-corrected chi connectivity index (χ3v) is 9.69. The summed E-state index contributed by atoms with van der Waals surface area (Å²) in [5, 5.41) is 15.0. The van der Waals surface area contributed by atoms with Crippen LogP contribution in [0.3, 0.4) is 0 Å². The summed E-state index contributed by atoms with van der Waals surface area (Å²) in [6.07, 6.45) is 3.87. The Morgan fingerprint density at radius 2 is 1.47 bits per heavy atom. The van der Waals surface area contributed by atoms with E-state index in [0.29, 0.717) is 0 Å². The summed E-state index contributed by atoms with van der Waals surface area (Å²) in [4.78, 5) is 0. The van der Waals surface area contributed by atoms with E-state index in [2.05, 4.69) is 134 Å². The standard InChI is InChI=1S/C40H28N2O/c1-40(2)33-15-6-3-11-27(33)30-19-20-31-32-22-24(18-21-36(32)43-39(31)37(30)40)26-14-9-10-25(23-41)38(26)42-34-16-7-4-12-28(34)29-13-5-8-17-35(29)42/h3-8,11-22H,9-10H2,1-2H3. The van der Waals surface area contributed by atoms with E-state index in [0.717, 1.165) is 68.2 Å². The van der Waals surface area contributed by atoms with E-state index in [1.165, 1.54) is 33.0 Å². The molecule has 0 amide bonds. The number of rotatable bonds is 2. The molecule has 0 saturated heterocycles. The zero-order chi connectivity index (χ0) is 28.9. The van der Waals surface area contributed by atoms with Gasteiger partial charge in [0.15, 0.2) is 0 Å². The average molecular weight is 553 g/mol. The molecule has 0 aliphatic heterocycles. The Balaban J connectivity index is 1.28. The summed E-state index contributed by atoms with van der Waals surface area (Å²) >= 11 is 0. The van der Waals surface area contributed by atoms with Crippen LogP contribution in [0.1, 0.15) is 43.4 Å². The van der Waals surface area contributed by atoms with E-state index in [4.69, 9.17) is 4.42 Å². The first-order valence-corrected chi connectivity index (χ1v) is 15.0. The number of allylic oxidation sites excluding steroid dienone is 4. The Kier molecular flexibility index (Phi) is 4.86. The highest BCUT2D eigenvalue weighted by Gasteiger charge is 2.38. The molecule has 3 heteroatoms. The Labute approximate surface area is 249 Å². The Morgan fingerprint density at radius 1 is 0.744 bits per heavy atom. The van der Waals surface area contributed by atoms with Crippen molar-refractivity contribution in [3.63, 3.8) is 0 Å². The molecule has 0 atom stereocenters. The van der Waals surface area contributed by atoms with Gasteiger partial charge in [0.1, 0.15) is 11.2 Å². The van der Waals surface area contributed by atoms with E-state index >= 15 is 0 Å². The molecule has 2 aromatic heterocycles. The summed E-state index contributed by atoms with van der Waals surface area (Å²) < 4.78 is 8.98. The highest BCUT2D eigenvalue weighted by Crippen LogP contribution is 2.52. The largest absolute Gasteiger partial charge is 0.456 e. The number of aromatic nitrogens is 1. The molecule has 7 aromatic rings. The number of benzene rings is 5. The minimum atomic E-state index is -0.151. The highest BCUT2D eigenvalue weighted by molar-refractivity contribution is 6.16. The Bertz CT molecular complexity index is 2380. The van der Waals surface area contributed by atoms with Crippen LogP contribution in [-0.2, 0) is 5.41 Å². The van der Waals surface area contributed by atoms with Crippen LogP contribution in [0.5, 0.6) is 0 Å². The summed E-state index contributed by atoms with van der Waals surface area (Å²) in [5.41, 5.74) is 13.1. The molecular formula is C40H28N2O. The van der Waals surface area contributed by atoms with E-state index in [1.54, 1.807) is 0 Å².